The zero-order valence-corrected chi connectivity index (χ0v) is 13.2. The van der Waals surface area contributed by atoms with E-state index in [4.69, 9.17) is 25.5 Å². The highest BCUT2D eigenvalue weighted by Gasteiger charge is 2.21. The van der Waals surface area contributed by atoms with Gasteiger partial charge >= 0.3 is 0 Å². The summed E-state index contributed by atoms with van der Waals surface area (Å²) in [7, 11) is 3.20. The molecule has 0 saturated carbocycles. The third-order valence-electron chi connectivity index (χ3n) is 3.24. The second-order valence-electron chi connectivity index (χ2n) is 4.63. The second-order valence-corrected chi connectivity index (χ2v) is 5.04. The first kappa shape index (κ1) is 15.7. The molecule has 0 bridgehead atoms. The molecule has 114 valence electrons. The van der Waals surface area contributed by atoms with E-state index in [-0.39, 0.29) is 6.04 Å². The monoisotopic (exact) mass is 309 g/mol. The summed E-state index contributed by atoms with van der Waals surface area (Å²) in [6, 6.07) is 7.33. The number of ether oxygens (including phenoxy) is 2. The maximum atomic E-state index is 6.41. The van der Waals surface area contributed by atoms with Gasteiger partial charge in [-0.15, -0.1) is 0 Å². The van der Waals surface area contributed by atoms with Crippen LogP contribution in [0.1, 0.15) is 30.7 Å². The van der Waals surface area contributed by atoms with Gasteiger partial charge in [0.25, 0.3) is 0 Å². The summed E-state index contributed by atoms with van der Waals surface area (Å²) >= 11 is 6.41. The topological polar surface area (TPSA) is 43.6 Å². The number of nitrogens with one attached hydrogen (secondary N) is 1. The first-order valence-electron chi connectivity index (χ1n) is 6.89. The molecular formula is C16H20ClNO3. The Morgan fingerprint density at radius 1 is 1.24 bits per heavy atom. The lowest BCUT2D eigenvalue weighted by Gasteiger charge is -2.20. The Morgan fingerprint density at radius 2 is 1.95 bits per heavy atom. The summed E-state index contributed by atoms with van der Waals surface area (Å²) in [4.78, 5) is 0. The van der Waals surface area contributed by atoms with E-state index >= 15 is 0 Å². The normalized spacial score (nSPS) is 12.2. The standard InChI is InChI=1S/C16H20ClNO3/c1-4-7-18-16(13-6-5-8-21-13)11-9-14(19-2)15(20-3)10-12(11)17/h5-6,8-10,16,18H,4,7H2,1-3H3. The van der Waals surface area contributed by atoms with Crippen molar-refractivity contribution in [1.82, 2.24) is 5.32 Å². The molecule has 4 nitrogen and oxygen atoms in total. The van der Waals surface area contributed by atoms with Crippen molar-refractivity contribution in [2.45, 2.75) is 19.4 Å². The van der Waals surface area contributed by atoms with Crippen molar-refractivity contribution in [3.05, 3.63) is 46.9 Å². The minimum Gasteiger partial charge on any atom is -0.493 e. The molecule has 0 spiro atoms. The van der Waals surface area contributed by atoms with Gasteiger partial charge in [0.2, 0.25) is 0 Å². The van der Waals surface area contributed by atoms with Gasteiger partial charge in [0.1, 0.15) is 5.76 Å². The van der Waals surface area contributed by atoms with Gasteiger partial charge in [-0.25, -0.2) is 0 Å². The highest BCUT2D eigenvalue weighted by Crippen LogP contribution is 2.37. The molecule has 1 aromatic heterocycles. The summed E-state index contributed by atoms with van der Waals surface area (Å²) in [5, 5.41) is 4.05. The SMILES string of the molecule is CCCNC(c1ccco1)c1cc(OC)c(OC)cc1Cl. The molecule has 1 heterocycles. The molecule has 0 saturated heterocycles. The number of hydrogen-bond acceptors (Lipinski definition) is 4. The van der Waals surface area contributed by atoms with Crippen molar-refractivity contribution < 1.29 is 13.9 Å². The zero-order valence-electron chi connectivity index (χ0n) is 12.5. The highest BCUT2D eigenvalue weighted by molar-refractivity contribution is 6.31. The Hall–Kier alpha value is -1.65. The summed E-state index contributed by atoms with van der Waals surface area (Å²) in [5.74, 6) is 2.07. The van der Waals surface area contributed by atoms with E-state index in [0.717, 1.165) is 24.3 Å². The second kappa shape index (κ2) is 7.38. The van der Waals surface area contributed by atoms with Gasteiger partial charge in [0.05, 0.1) is 26.5 Å². The Bertz CT molecular complexity index is 569. The van der Waals surface area contributed by atoms with Gasteiger partial charge < -0.3 is 19.2 Å². The first-order chi connectivity index (χ1) is 10.2. The molecule has 2 rings (SSSR count). The lowest BCUT2D eigenvalue weighted by Crippen LogP contribution is -2.23. The Morgan fingerprint density at radius 3 is 2.52 bits per heavy atom. The smallest absolute Gasteiger partial charge is 0.162 e. The van der Waals surface area contributed by atoms with Gasteiger partial charge in [-0.2, -0.15) is 0 Å². The summed E-state index contributed by atoms with van der Waals surface area (Å²) in [6.45, 7) is 2.97. The maximum Gasteiger partial charge on any atom is 0.162 e. The van der Waals surface area contributed by atoms with E-state index in [1.807, 2.05) is 18.2 Å². The van der Waals surface area contributed by atoms with Crippen LogP contribution in [-0.2, 0) is 0 Å². The lowest BCUT2D eigenvalue weighted by atomic mass is 10.0. The van der Waals surface area contributed by atoms with Crippen molar-refractivity contribution in [2.24, 2.45) is 0 Å². The van der Waals surface area contributed by atoms with Crippen LogP contribution < -0.4 is 14.8 Å². The molecule has 21 heavy (non-hydrogen) atoms. The van der Waals surface area contributed by atoms with Crippen LogP contribution in [0, 0.1) is 0 Å². The number of benzene rings is 1. The van der Waals surface area contributed by atoms with Crippen molar-refractivity contribution in [2.75, 3.05) is 20.8 Å². The van der Waals surface area contributed by atoms with Crippen molar-refractivity contribution in [3.8, 4) is 11.5 Å². The van der Waals surface area contributed by atoms with Gasteiger partial charge in [0.15, 0.2) is 11.5 Å². The van der Waals surface area contributed by atoms with Crippen LogP contribution in [0.5, 0.6) is 11.5 Å². The molecule has 0 radical (unpaired) electrons. The minimum absolute atomic E-state index is 0.118. The van der Waals surface area contributed by atoms with Gasteiger partial charge in [-0.1, -0.05) is 18.5 Å². The molecule has 0 aliphatic heterocycles. The Labute approximate surface area is 130 Å². The number of hydrogen-bond donors (Lipinski definition) is 1. The Kier molecular flexibility index (Phi) is 5.53. The Balaban J connectivity index is 2.44. The first-order valence-corrected chi connectivity index (χ1v) is 7.27. The van der Waals surface area contributed by atoms with Gasteiger partial charge in [0, 0.05) is 11.1 Å². The molecule has 1 atom stereocenters. The van der Waals surface area contributed by atoms with Crippen molar-refractivity contribution in [1.29, 1.82) is 0 Å². The molecule has 0 aliphatic carbocycles. The fourth-order valence-corrected chi connectivity index (χ4v) is 2.46. The van der Waals surface area contributed by atoms with Crippen molar-refractivity contribution in [3.63, 3.8) is 0 Å². The van der Waals surface area contributed by atoms with Gasteiger partial charge in [-0.3, -0.25) is 0 Å². The van der Waals surface area contributed by atoms with Crippen LogP contribution in [0.3, 0.4) is 0 Å². The molecule has 1 aromatic carbocycles. The van der Waals surface area contributed by atoms with Gasteiger partial charge in [-0.05, 0) is 36.7 Å². The number of rotatable bonds is 7. The number of halogens is 1. The molecule has 1 unspecified atom stereocenters. The van der Waals surface area contributed by atoms with Crippen LogP contribution >= 0.6 is 11.6 Å². The van der Waals surface area contributed by atoms with E-state index < -0.39 is 0 Å². The van der Waals surface area contributed by atoms with E-state index in [0.29, 0.717) is 16.5 Å². The molecule has 5 heteroatoms. The quantitative estimate of drug-likeness (QED) is 0.838. The highest BCUT2D eigenvalue weighted by atomic mass is 35.5. The average Bonchev–Trinajstić information content (AvgIpc) is 3.02. The fraction of sp³-hybridized carbons (Fsp3) is 0.375. The lowest BCUT2D eigenvalue weighted by molar-refractivity contribution is 0.353. The predicted octanol–water partition coefficient (Wildman–Crippen LogP) is 4.04. The molecule has 0 aliphatic rings. The summed E-state index contributed by atoms with van der Waals surface area (Å²) in [5.41, 5.74) is 0.901. The maximum absolute atomic E-state index is 6.41. The van der Waals surface area contributed by atoms with Crippen LogP contribution in [0.2, 0.25) is 5.02 Å². The van der Waals surface area contributed by atoms with Crippen LogP contribution in [0.15, 0.2) is 34.9 Å². The number of furan rings is 1. The van der Waals surface area contributed by atoms with E-state index in [1.165, 1.54) is 0 Å². The van der Waals surface area contributed by atoms with E-state index in [9.17, 15) is 0 Å². The third-order valence-corrected chi connectivity index (χ3v) is 3.57. The minimum atomic E-state index is -0.118. The van der Waals surface area contributed by atoms with Crippen LogP contribution in [0.25, 0.3) is 0 Å². The molecule has 2 aromatic rings. The molecule has 0 fully saturated rings. The average molecular weight is 310 g/mol. The van der Waals surface area contributed by atoms with E-state index in [2.05, 4.69) is 12.2 Å². The number of methoxy groups -OCH3 is 2. The summed E-state index contributed by atoms with van der Waals surface area (Å²) in [6.07, 6.45) is 2.67. The van der Waals surface area contributed by atoms with Crippen LogP contribution in [0.4, 0.5) is 0 Å². The third kappa shape index (κ3) is 3.52. The molecule has 0 amide bonds. The summed E-state index contributed by atoms with van der Waals surface area (Å²) < 4.78 is 16.2. The van der Waals surface area contributed by atoms with E-state index in [1.54, 1.807) is 26.5 Å². The molecular weight excluding hydrogens is 290 g/mol. The largest absolute Gasteiger partial charge is 0.493 e. The zero-order chi connectivity index (χ0) is 15.2. The fourth-order valence-electron chi connectivity index (χ4n) is 2.20. The van der Waals surface area contributed by atoms with Crippen molar-refractivity contribution >= 4 is 11.6 Å². The predicted molar refractivity (Wildman–Crippen MR) is 83.4 cm³/mol. The van der Waals surface area contributed by atoms with Crippen LogP contribution in [-0.4, -0.2) is 20.8 Å². The molecule has 1 N–H and O–H groups in total.